The van der Waals surface area contributed by atoms with E-state index in [0.717, 1.165) is 24.7 Å². The Morgan fingerprint density at radius 3 is 2.71 bits per heavy atom. The van der Waals surface area contributed by atoms with Crippen molar-refractivity contribution in [1.29, 1.82) is 0 Å². The summed E-state index contributed by atoms with van der Waals surface area (Å²) in [6.07, 6.45) is 0. The lowest BCUT2D eigenvalue weighted by Crippen LogP contribution is -2.34. The number of phenolic OH excluding ortho intramolecular Hbond substituents is 1. The quantitative estimate of drug-likeness (QED) is 0.892. The molecule has 2 fully saturated rings. The molecular weight excluding hydrogens is 307 g/mol. The number of aromatic hydroxyl groups is 1. The van der Waals surface area contributed by atoms with Gasteiger partial charge in [0.15, 0.2) is 11.6 Å². The fourth-order valence-electron chi connectivity index (χ4n) is 4.02. The Morgan fingerprint density at radius 2 is 1.96 bits per heavy atom. The van der Waals surface area contributed by atoms with Crippen molar-refractivity contribution in [3.8, 4) is 5.75 Å². The molecule has 2 N–H and O–H groups in total. The van der Waals surface area contributed by atoms with Crippen LogP contribution in [-0.4, -0.2) is 35.5 Å². The van der Waals surface area contributed by atoms with Gasteiger partial charge in [0.2, 0.25) is 0 Å². The average molecular weight is 326 g/mol. The first kappa shape index (κ1) is 15.1. The topological polar surface area (TPSA) is 52.6 Å². The zero-order valence-corrected chi connectivity index (χ0v) is 13.2. The Balaban J connectivity index is 1.69. The number of fused-ring (bicyclic) bond motifs is 1. The molecule has 0 aromatic heterocycles. The second kappa shape index (κ2) is 5.91. The van der Waals surface area contributed by atoms with E-state index in [1.54, 1.807) is 0 Å². The SMILES string of the molecule is O=C(c1ccc(F)c(O)c1)N1C[C@@H]2CNC[C@@H]2[C@H]1c1ccccc1. The number of likely N-dealkylation sites (tertiary alicyclic amines) is 1. The predicted octanol–water partition coefficient (Wildman–Crippen LogP) is 2.56. The normalized spacial score (nSPS) is 25.7. The maximum Gasteiger partial charge on any atom is 0.254 e. The van der Waals surface area contributed by atoms with Crippen LogP contribution in [-0.2, 0) is 0 Å². The number of phenols is 1. The number of hydrogen-bond acceptors (Lipinski definition) is 3. The van der Waals surface area contributed by atoms with E-state index in [0.29, 0.717) is 23.9 Å². The maximum atomic E-state index is 13.3. The first-order valence-electron chi connectivity index (χ1n) is 8.20. The van der Waals surface area contributed by atoms with E-state index in [-0.39, 0.29) is 11.9 Å². The van der Waals surface area contributed by atoms with Crippen LogP contribution < -0.4 is 5.32 Å². The van der Waals surface area contributed by atoms with E-state index in [1.165, 1.54) is 12.1 Å². The van der Waals surface area contributed by atoms with Gasteiger partial charge < -0.3 is 15.3 Å². The molecule has 2 aliphatic heterocycles. The molecule has 2 saturated heterocycles. The molecule has 0 aliphatic carbocycles. The molecule has 0 saturated carbocycles. The molecule has 3 atom stereocenters. The highest BCUT2D eigenvalue weighted by Crippen LogP contribution is 2.43. The van der Waals surface area contributed by atoms with E-state index in [9.17, 15) is 14.3 Å². The minimum Gasteiger partial charge on any atom is -0.505 e. The molecule has 2 aromatic carbocycles. The molecule has 2 aliphatic rings. The molecule has 4 rings (SSSR count). The van der Waals surface area contributed by atoms with Gasteiger partial charge in [0.05, 0.1) is 6.04 Å². The number of benzene rings is 2. The van der Waals surface area contributed by atoms with Crippen molar-refractivity contribution >= 4 is 5.91 Å². The van der Waals surface area contributed by atoms with Crippen molar-refractivity contribution in [3.05, 3.63) is 65.5 Å². The highest BCUT2D eigenvalue weighted by molar-refractivity contribution is 5.95. The van der Waals surface area contributed by atoms with Crippen LogP contribution in [0.15, 0.2) is 48.5 Å². The van der Waals surface area contributed by atoms with Gasteiger partial charge in [-0.25, -0.2) is 4.39 Å². The molecule has 2 heterocycles. The van der Waals surface area contributed by atoms with Crippen molar-refractivity contribution in [1.82, 2.24) is 10.2 Å². The van der Waals surface area contributed by atoms with Gasteiger partial charge in [-0.2, -0.15) is 0 Å². The van der Waals surface area contributed by atoms with Crippen molar-refractivity contribution in [3.63, 3.8) is 0 Å². The van der Waals surface area contributed by atoms with Crippen LogP contribution in [0.4, 0.5) is 4.39 Å². The molecule has 0 spiro atoms. The van der Waals surface area contributed by atoms with Crippen molar-refractivity contribution in [2.75, 3.05) is 19.6 Å². The van der Waals surface area contributed by atoms with Gasteiger partial charge in [0, 0.05) is 31.1 Å². The highest BCUT2D eigenvalue weighted by atomic mass is 19.1. The van der Waals surface area contributed by atoms with Crippen LogP contribution in [0.5, 0.6) is 5.75 Å². The summed E-state index contributed by atoms with van der Waals surface area (Å²) in [5.74, 6) is -0.557. The van der Waals surface area contributed by atoms with E-state index < -0.39 is 11.6 Å². The van der Waals surface area contributed by atoms with E-state index in [2.05, 4.69) is 5.32 Å². The molecule has 2 aromatic rings. The molecule has 4 nitrogen and oxygen atoms in total. The van der Waals surface area contributed by atoms with Crippen LogP contribution in [0.3, 0.4) is 0 Å². The molecule has 24 heavy (non-hydrogen) atoms. The summed E-state index contributed by atoms with van der Waals surface area (Å²) in [4.78, 5) is 14.9. The first-order valence-corrected chi connectivity index (χ1v) is 8.20. The van der Waals surface area contributed by atoms with Gasteiger partial charge in [-0.1, -0.05) is 30.3 Å². The third kappa shape index (κ3) is 2.45. The molecule has 0 unspecified atom stereocenters. The summed E-state index contributed by atoms with van der Waals surface area (Å²) < 4.78 is 13.3. The maximum absolute atomic E-state index is 13.3. The van der Waals surface area contributed by atoms with Gasteiger partial charge in [0.1, 0.15) is 0 Å². The minimum atomic E-state index is -0.714. The number of nitrogens with zero attached hydrogens (tertiary/aromatic N) is 1. The number of carbonyl (C=O) groups excluding carboxylic acids is 1. The highest BCUT2D eigenvalue weighted by Gasteiger charge is 2.46. The number of nitrogens with one attached hydrogen (secondary N) is 1. The molecule has 0 radical (unpaired) electrons. The zero-order chi connectivity index (χ0) is 16.7. The summed E-state index contributed by atoms with van der Waals surface area (Å²) in [6.45, 7) is 2.48. The second-order valence-electron chi connectivity index (χ2n) is 6.56. The fraction of sp³-hybridized carbons (Fsp3) is 0.316. The number of amides is 1. The van der Waals surface area contributed by atoms with Gasteiger partial charge in [-0.15, -0.1) is 0 Å². The number of carbonyl (C=O) groups is 1. The lowest BCUT2D eigenvalue weighted by atomic mass is 9.89. The summed E-state index contributed by atoms with van der Waals surface area (Å²) >= 11 is 0. The standard InChI is InChI=1S/C19H19FN2O2/c20-16-7-6-13(8-17(16)23)19(24)22-11-14-9-21-10-15(14)18(22)12-4-2-1-3-5-12/h1-8,14-15,18,21,23H,9-11H2/t14-,15-,18+/m0/s1. The minimum absolute atomic E-state index is 0.00546. The fourth-order valence-corrected chi connectivity index (χ4v) is 4.02. The van der Waals surface area contributed by atoms with Crippen molar-refractivity contribution in [2.24, 2.45) is 11.8 Å². The number of halogens is 1. The van der Waals surface area contributed by atoms with Crippen molar-refractivity contribution in [2.45, 2.75) is 6.04 Å². The van der Waals surface area contributed by atoms with Gasteiger partial charge in [-0.3, -0.25) is 4.79 Å². The average Bonchev–Trinajstić information content (AvgIpc) is 3.18. The van der Waals surface area contributed by atoms with Crippen LogP contribution in [0.2, 0.25) is 0 Å². The second-order valence-corrected chi connectivity index (χ2v) is 6.56. The van der Waals surface area contributed by atoms with E-state index >= 15 is 0 Å². The van der Waals surface area contributed by atoms with Gasteiger partial charge in [-0.05, 0) is 29.7 Å². The Kier molecular flexibility index (Phi) is 3.73. The summed E-state index contributed by atoms with van der Waals surface area (Å²) in [7, 11) is 0. The molecular formula is C19H19FN2O2. The van der Waals surface area contributed by atoms with Crippen LogP contribution in [0.25, 0.3) is 0 Å². The van der Waals surface area contributed by atoms with Gasteiger partial charge in [0.25, 0.3) is 5.91 Å². The van der Waals surface area contributed by atoms with Crippen LogP contribution in [0, 0.1) is 17.7 Å². The van der Waals surface area contributed by atoms with E-state index in [1.807, 2.05) is 35.2 Å². The first-order chi connectivity index (χ1) is 11.6. The summed E-state index contributed by atoms with van der Waals surface area (Å²) in [5.41, 5.74) is 1.44. The largest absolute Gasteiger partial charge is 0.505 e. The summed E-state index contributed by atoms with van der Waals surface area (Å²) in [6, 6.07) is 13.8. The molecule has 5 heteroatoms. The number of hydrogen-bond donors (Lipinski definition) is 2. The Labute approximate surface area is 139 Å². The smallest absolute Gasteiger partial charge is 0.254 e. The molecule has 124 valence electrons. The monoisotopic (exact) mass is 326 g/mol. The van der Waals surface area contributed by atoms with Gasteiger partial charge >= 0.3 is 0 Å². The number of rotatable bonds is 2. The van der Waals surface area contributed by atoms with E-state index in [4.69, 9.17) is 0 Å². The Bertz CT molecular complexity index is 765. The van der Waals surface area contributed by atoms with Crippen molar-refractivity contribution < 1.29 is 14.3 Å². The third-order valence-electron chi connectivity index (χ3n) is 5.16. The molecule has 1 amide bonds. The van der Waals surface area contributed by atoms with Crippen LogP contribution >= 0.6 is 0 Å². The lowest BCUT2D eigenvalue weighted by molar-refractivity contribution is 0.0713. The third-order valence-corrected chi connectivity index (χ3v) is 5.16. The van der Waals surface area contributed by atoms with Crippen LogP contribution in [0.1, 0.15) is 22.0 Å². The Hall–Kier alpha value is -2.40. The molecule has 0 bridgehead atoms. The Morgan fingerprint density at radius 1 is 1.17 bits per heavy atom. The summed E-state index contributed by atoms with van der Waals surface area (Å²) in [5, 5.41) is 13.0. The zero-order valence-electron chi connectivity index (χ0n) is 13.2. The predicted molar refractivity (Wildman–Crippen MR) is 88.1 cm³/mol. The lowest BCUT2D eigenvalue weighted by Gasteiger charge is -2.28.